The van der Waals surface area contributed by atoms with Crippen LogP contribution in [0.5, 0.6) is 17.4 Å². The third-order valence-corrected chi connectivity index (χ3v) is 7.63. The topological polar surface area (TPSA) is 120 Å². The van der Waals surface area contributed by atoms with Crippen LogP contribution in [-0.2, 0) is 0 Å². The van der Waals surface area contributed by atoms with Gasteiger partial charge < -0.3 is 24.8 Å². The van der Waals surface area contributed by atoms with Gasteiger partial charge in [-0.05, 0) is 105 Å². The second-order valence-corrected chi connectivity index (χ2v) is 10.9. The molecule has 0 bridgehead atoms. The number of hydrogen-bond acceptors (Lipinski definition) is 10. The molecule has 2 N–H and O–H groups in total. The van der Waals surface area contributed by atoms with Gasteiger partial charge >= 0.3 is 5.97 Å². The lowest BCUT2D eigenvalue weighted by atomic mass is 10.2. The summed E-state index contributed by atoms with van der Waals surface area (Å²) >= 11 is 6.98. The van der Waals surface area contributed by atoms with E-state index in [1.807, 2.05) is 60.7 Å². The molecule has 43 heavy (non-hydrogen) atoms. The van der Waals surface area contributed by atoms with E-state index in [9.17, 15) is 4.79 Å². The van der Waals surface area contributed by atoms with E-state index < -0.39 is 5.97 Å². The first-order valence-corrected chi connectivity index (χ1v) is 14.5. The van der Waals surface area contributed by atoms with Crippen LogP contribution in [0.15, 0.2) is 94.1 Å². The Morgan fingerprint density at radius 3 is 1.67 bits per heavy atom. The van der Waals surface area contributed by atoms with Crippen LogP contribution < -0.4 is 24.8 Å². The van der Waals surface area contributed by atoms with Gasteiger partial charge in [0, 0.05) is 34.5 Å². The van der Waals surface area contributed by atoms with Crippen LogP contribution in [0.25, 0.3) is 22.1 Å². The molecule has 0 aliphatic carbocycles. The van der Waals surface area contributed by atoms with Crippen molar-refractivity contribution >= 4 is 82.6 Å². The zero-order valence-corrected chi connectivity index (χ0v) is 25.9. The number of anilines is 4. The van der Waals surface area contributed by atoms with Crippen molar-refractivity contribution in [2.24, 2.45) is 0 Å². The number of carbonyl (C=O) groups is 1. The van der Waals surface area contributed by atoms with Gasteiger partial charge in [-0.15, -0.1) is 0 Å². The number of ether oxygens (including phenoxy) is 3. The third kappa shape index (κ3) is 6.06. The van der Waals surface area contributed by atoms with Crippen molar-refractivity contribution in [1.82, 2.24) is 19.9 Å². The van der Waals surface area contributed by atoms with Crippen LogP contribution in [0.1, 0.15) is 10.5 Å². The Hall–Kier alpha value is -4.81. The van der Waals surface area contributed by atoms with E-state index in [0.29, 0.717) is 25.6 Å². The number of nitrogens with zero attached hydrogens (tertiary/aromatic N) is 4. The molecule has 4 aromatic heterocycles. The highest BCUT2D eigenvalue weighted by molar-refractivity contribution is 9.10. The average Bonchev–Trinajstić information content (AvgIpc) is 3.02. The molecular weight excluding hydrogens is 680 g/mol. The van der Waals surface area contributed by atoms with Gasteiger partial charge in [0.2, 0.25) is 5.88 Å². The number of methoxy groups -OCH3 is 2. The monoisotopic (exact) mass is 700 g/mol. The summed E-state index contributed by atoms with van der Waals surface area (Å²) in [6.07, 6.45) is 3.25. The molecule has 214 valence electrons. The van der Waals surface area contributed by atoms with Crippen LogP contribution in [-0.4, -0.2) is 40.1 Å². The fourth-order valence-corrected chi connectivity index (χ4v) is 5.19. The average molecular weight is 702 g/mol. The molecule has 0 saturated carbocycles. The summed E-state index contributed by atoms with van der Waals surface area (Å²) in [6.45, 7) is 0. The van der Waals surface area contributed by atoms with Gasteiger partial charge in [0.25, 0.3) is 0 Å². The van der Waals surface area contributed by atoms with Crippen LogP contribution >= 0.6 is 31.9 Å². The number of halogens is 2. The van der Waals surface area contributed by atoms with Crippen molar-refractivity contribution in [3.05, 3.63) is 99.8 Å². The van der Waals surface area contributed by atoms with E-state index in [1.165, 1.54) is 0 Å². The number of esters is 1. The third-order valence-electron chi connectivity index (χ3n) is 6.46. The van der Waals surface area contributed by atoms with Crippen molar-refractivity contribution in [3.8, 4) is 17.4 Å². The molecule has 4 heterocycles. The fraction of sp³-hybridized carbons (Fsp3) is 0.0645. The zero-order valence-electron chi connectivity index (χ0n) is 22.8. The normalized spacial score (nSPS) is 10.9. The van der Waals surface area contributed by atoms with Crippen LogP contribution in [0.2, 0.25) is 0 Å². The Morgan fingerprint density at radius 2 is 1.16 bits per heavy atom. The van der Waals surface area contributed by atoms with E-state index >= 15 is 0 Å². The maximum absolute atomic E-state index is 13.3. The number of carbonyl (C=O) groups excluding carboxylic acids is 1. The second kappa shape index (κ2) is 12.2. The van der Waals surface area contributed by atoms with E-state index in [4.69, 9.17) is 14.2 Å². The number of pyridine rings is 4. The SMILES string of the molecule is COc1ccc(Nc2ccnc3nc(OC(=O)c4nc5nccc(Nc6ccc(OC)cc6)c5cc4Br)c(Br)cc23)cc1. The summed E-state index contributed by atoms with van der Waals surface area (Å²) in [6, 6.07) is 22.3. The minimum Gasteiger partial charge on any atom is -0.497 e. The van der Waals surface area contributed by atoms with Gasteiger partial charge in [0.1, 0.15) is 11.5 Å². The summed E-state index contributed by atoms with van der Waals surface area (Å²) in [7, 11) is 3.24. The number of fused-ring (bicyclic) bond motifs is 2. The minimum atomic E-state index is -0.704. The summed E-state index contributed by atoms with van der Waals surface area (Å²) in [5.74, 6) is 0.870. The van der Waals surface area contributed by atoms with Crippen molar-refractivity contribution in [2.75, 3.05) is 24.9 Å². The first-order valence-electron chi connectivity index (χ1n) is 12.9. The quantitative estimate of drug-likeness (QED) is 0.152. The molecule has 0 spiro atoms. The molecule has 0 amide bonds. The summed E-state index contributed by atoms with van der Waals surface area (Å²) < 4.78 is 17.1. The number of aromatic nitrogens is 4. The molecule has 6 aromatic rings. The van der Waals surface area contributed by atoms with Gasteiger partial charge in [0.15, 0.2) is 17.0 Å². The van der Waals surface area contributed by atoms with Crippen LogP contribution in [0.3, 0.4) is 0 Å². The molecule has 6 rings (SSSR count). The molecule has 0 unspecified atom stereocenters. The number of hydrogen-bond donors (Lipinski definition) is 2. The standard InChI is InChI=1S/C31H22Br2N6O4/c1-41-19-7-3-17(4-8-19)36-25-11-13-34-28-21(25)15-23(32)27(38-28)31(40)43-30-24(33)16-22-26(12-14-35-29(22)39-30)37-18-5-9-20(42-2)10-6-18/h3-16H,1-2H3,(H,34,36,38)(H,35,37,39). The summed E-state index contributed by atoms with van der Waals surface area (Å²) in [5.41, 5.74) is 4.09. The van der Waals surface area contributed by atoms with Gasteiger partial charge in [-0.1, -0.05) is 0 Å². The van der Waals surface area contributed by atoms with Gasteiger partial charge in [-0.2, -0.15) is 4.98 Å². The fourth-order valence-electron chi connectivity index (χ4n) is 4.31. The Morgan fingerprint density at radius 1 is 0.674 bits per heavy atom. The lowest BCUT2D eigenvalue weighted by Crippen LogP contribution is -2.13. The number of nitrogens with one attached hydrogen (secondary N) is 2. The zero-order chi connectivity index (χ0) is 29.9. The van der Waals surface area contributed by atoms with Crippen LogP contribution in [0, 0.1) is 0 Å². The Labute approximate surface area is 262 Å². The van der Waals surface area contributed by atoms with Gasteiger partial charge in [-0.25, -0.2) is 19.7 Å². The molecule has 2 aromatic carbocycles. The van der Waals surface area contributed by atoms with Crippen molar-refractivity contribution < 1.29 is 19.0 Å². The van der Waals surface area contributed by atoms with Crippen LogP contribution in [0.4, 0.5) is 22.7 Å². The van der Waals surface area contributed by atoms with Gasteiger partial charge in [0.05, 0.1) is 34.5 Å². The molecule has 0 radical (unpaired) electrons. The second-order valence-electron chi connectivity index (χ2n) is 9.15. The molecular formula is C31H22Br2N6O4. The highest BCUT2D eigenvalue weighted by Gasteiger charge is 2.20. The van der Waals surface area contributed by atoms with Crippen molar-refractivity contribution in [1.29, 1.82) is 0 Å². The molecule has 0 saturated heterocycles. The first-order chi connectivity index (χ1) is 20.9. The number of benzene rings is 2. The predicted octanol–water partition coefficient (Wildman–Crippen LogP) is 7.82. The highest BCUT2D eigenvalue weighted by atomic mass is 79.9. The van der Waals surface area contributed by atoms with E-state index in [-0.39, 0.29) is 11.6 Å². The molecule has 0 aliphatic rings. The molecule has 0 fully saturated rings. The molecule has 10 nitrogen and oxygen atoms in total. The minimum absolute atomic E-state index is 0.0540. The molecule has 0 aliphatic heterocycles. The predicted molar refractivity (Wildman–Crippen MR) is 172 cm³/mol. The largest absolute Gasteiger partial charge is 0.497 e. The Kier molecular flexibility index (Phi) is 8.03. The van der Waals surface area contributed by atoms with E-state index in [2.05, 4.69) is 62.4 Å². The lowest BCUT2D eigenvalue weighted by Gasteiger charge is -2.13. The number of rotatable bonds is 8. The maximum Gasteiger partial charge on any atom is 0.364 e. The summed E-state index contributed by atoms with van der Waals surface area (Å²) in [4.78, 5) is 31.0. The highest BCUT2D eigenvalue weighted by Crippen LogP contribution is 2.34. The maximum atomic E-state index is 13.3. The lowest BCUT2D eigenvalue weighted by molar-refractivity contribution is 0.0720. The van der Waals surface area contributed by atoms with Gasteiger partial charge in [-0.3, -0.25) is 0 Å². The Bertz CT molecular complexity index is 1970. The smallest absolute Gasteiger partial charge is 0.364 e. The molecule has 0 atom stereocenters. The summed E-state index contributed by atoms with van der Waals surface area (Å²) in [5, 5.41) is 8.17. The molecule has 12 heteroatoms. The first kappa shape index (κ1) is 28.3. The van der Waals surface area contributed by atoms with Crippen molar-refractivity contribution in [2.45, 2.75) is 0 Å². The van der Waals surface area contributed by atoms with E-state index in [0.717, 1.165) is 39.6 Å². The van der Waals surface area contributed by atoms with Crippen molar-refractivity contribution in [3.63, 3.8) is 0 Å². The Balaban J connectivity index is 1.25. The van der Waals surface area contributed by atoms with E-state index in [1.54, 1.807) is 38.7 Å².